The fraction of sp³-hybridized carbons (Fsp3) is 0.500. The summed E-state index contributed by atoms with van der Waals surface area (Å²) < 4.78 is 13.7. The number of anilines is 2. The van der Waals surface area contributed by atoms with Gasteiger partial charge in [0, 0.05) is 12.2 Å². The number of nitrogens with zero attached hydrogens (tertiary/aromatic N) is 1. The Morgan fingerprint density at radius 2 is 2.05 bits per heavy atom. The minimum absolute atomic E-state index is 0.0672. The molecule has 0 radical (unpaired) electrons. The number of hydrogen-bond acceptors (Lipinski definition) is 4. The number of rotatable bonds is 6. The maximum atomic E-state index is 13.7. The summed E-state index contributed by atoms with van der Waals surface area (Å²) in [5.41, 5.74) is 11.2. The lowest BCUT2D eigenvalue weighted by Gasteiger charge is -2.15. The van der Waals surface area contributed by atoms with Gasteiger partial charge in [-0.3, -0.25) is 4.79 Å². The highest BCUT2D eigenvalue weighted by atomic mass is 19.1. The highest BCUT2D eigenvalue weighted by molar-refractivity contribution is 5.99. The van der Waals surface area contributed by atoms with E-state index in [1.165, 1.54) is 18.9 Å². The van der Waals surface area contributed by atoms with Crippen LogP contribution in [0.25, 0.3) is 0 Å². The van der Waals surface area contributed by atoms with Crippen molar-refractivity contribution in [3.8, 4) is 0 Å². The van der Waals surface area contributed by atoms with Crippen molar-refractivity contribution in [2.45, 2.75) is 19.3 Å². The molecule has 1 aliphatic heterocycles. The van der Waals surface area contributed by atoms with Gasteiger partial charge in [0.2, 0.25) is 0 Å². The van der Waals surface area contributed by atoms with Gasteiger partial charge in [-0.05, 0) is 51.0 Å². The lowest BCUT2D eigenvalue weighted by Crippen LogP contribution is -2.22. The van der Waals surface area contributed by atoms with Gasteiger partial charge in [0.15, 0.2) is 0 Å². The Labute approximate surface area is 118 Å². The van der Waals surface area contributed by atoms with E-state index >= 15 is 0 Å². The van der Waals surface area contributed by atoms with Crippen molar-refractivity contribution in [3.05, 3.63) is 23.5 Å². The summed E-state index contributed by atoms with van der Waals surface area (Å²) in [6.07, 6.45) is 3.46. The lowest BCUT2D eigenvalue weighted by molar-refractivity contribution is 0.100. The standard InChI is InChI=1S/C14H21FN4O/c15-11-9-12(16)10(14(17)20)8-13(11)18-4-3-7-19-5-1-2-6-19/h8-9,18H,1-7,16H2,(H2,17,20). The van der Waals surface area contributed by atoms with Crippen LogP contribution >= 0.6 is 0 Å². The number of carbonyl (C=O) groups is 1. The van der Waals surface area contributed by atoms with Crippen LogP contribution in [0, 0.1) is 5.82 Å². The van der Waals surface area contributed by atoms with Crippen LogP contribution in [-0.4, -0.2) is 37.0 Å². The maximum Gasteiger partial charge on any atom is 0.250 e. The predicted molar refractivity (Wildman–Crippen MR) is 78.1 cm³/mol. The molecule has 110 valence electrons. The molecule has 0 atom stereocenters. The van der Waals surface area contributed by atoms with Gasteiger partial charge in [0.1, 0.15) is 5.82 Å². The van der Waals surface area contributed by atoms with E-state index < -0.39 is 11.7 Å². The Bertz CT molecular complexity index is 486. The molecule has 0 spiro atoms. The topological polar surface area (TPSA) is 84.4 Å². The van der Waals surface area contributed by atoms with Crippen molar-refractivity contribution in [1.29, 1.82) is 0 Å². The van der Waals surface area contributed by atoms with Crippen LogP contribution in [0.2, 0.25) is 0 Å². The molecule has 0 aromatic heterocycles. The third kappa shape index (κ3) is 3.60. The summed E-state index contributed by atoms with van der Waals surface area (Å²) in [4.78, 5) is 13.6. The molecule has 1 aromatic rings. The molecule has 6 heteroatoms. The van der Waals surface area contributed by atoms with Crippen LogP contribution < -0.4 is 16.8 Å². The lowest BCUT2D eigenvalue weighted by atomic mass is 10.1. The number of nitrogens with one attached hydrogen (secondary N) is 1. The number of hydrogen-bond donors (Lipinski definition) is 3. The van der Waals surface area contributed by atoms with Crippen molar-refractivity contribution in [1.82, 2.24) is 4.90 Å². The SMILES string of the molecule is NC(=O)c1cc(NCCCN2CCCC2)c(F)cc1N. The first-order valence-electron chi connectivity index (χ1n) is 6.93. The van der Waals surface area contributed by atoms with Gasteiger partial charge in [-0.25, -0.2) is 4.39 Å². The quantitative estimate of drug-likeness (QED) is 0.543. The zero-order chi connectivity index (χ0) is 14.5. The van der Waals surface area contributed by atoms with Crippen LogP contribution in [0.15, 0.2) is 12.1 Å². The Hall–Kier alpha value is -1.82. The normalized spacial score (nSPS) is 15.4. The first kappa shape index (κ1) is 14.6. The van der Waals surface area contributed by atoms with E-state index in [4.69, 9.17) is 11.5 Å². The van der Waals surface area contributed by atoms with E-state index in [0.717, 1.165) is 32.1 Å². The number of likely N-dealkylation sites (tertiary alicyclic amines) is 1. The Kier molecular flexibility index (Phi) is 4.79. The van der Waals surface area contributed by atoms with Gasteiger partial charge < -0.3 is 21.7 Å². The highest BCUT2D eigenvalue weighted by Crippen LogP contribution is 2.22. The van der Waals surface area contributed by atoms with Crippen LogP contribution in [0.3, 0.4) is 0 Å². The summed E-state index contributed by atoms with van der Waals surface area (Å²) in [7, 11) is 0. The monoisotopic (exact) mass is 280 g/mol. The largest absolute Gasteiger partial charge is 0.398 e. The van der Waals surface area contributed by atoms with E-state index in [1.807, 2.05) is 0 Å². The molecule has 1 amide bonds. The van der Waals surface area contributed by atoms with Gasteiger partial charge in [-0.2, -0.15) is 0 Å². The highest BCUT2D eigenvalue weighted by Gasteiger charge is 2.13. The number of benzene rings is 1. The molecule has 0 bridgehead atoms. The zero-order valence-corrected chi connectivity index (χ0v) is 11.5. The Morgan fingerprint density at radius 1 is 1.35 bits per heavy atom. The van der Waals surface area contributed by atoms with Crippen molar-refractivity contribution in [3.63, 3.8) is 0 Å². The number of halogens is 1. The fourth-order valence-corrected chi connectivity index (χ4v) is 2.47. The molecule has 0 saturated carbocycles. The van der Waals surface area contributed by atoms with Crippen LogP contribution in [0.5, 0.6) is 0 Å². The molecule has 1 aliphatic rings. The summed E-state index contributed by atoms with van der Waals surface area (Å²) in [6, 6.07) is 2.51. The van der Waals surface area contributed by atoms with Gasteiger partial charge in [0.05, 0.1) is 11.3 Å². The average molecular weight is 280 g/mol. The smallest absolute Gasteiger partial charge is 0.250 e. The molecular weight excluding hydrogens is 259 g/mol. The van der Waals surface area contributed by atoms with Crippen LogP contribution in [-0.2, 0) is 0 Å². The number of nitrogen functional groups attached to an aromatic ring is 1. The number of amides is 1. The van der Waals surface area contributed by atoms with Crippen molar-refractivity contribution in [2.75, 3.05) is 37.2 Å². The van der Waals surface area contributed by atoms with E-state index in [0.29, 0.717) is 6.54 Å². The molecular formula is C14H21FN4O. The molecule has 0 unspecified atom stereocenters. The predicted octanol–water partition coefficient (Wildman–Crippen LogP) is 1.40. The fourth-order valence-electron chi connectivity index (χ4n) is 2.47. The first-order valence-corrected chi connectivity index (χ1v) is 6.93. The summed E-state index contributed by atoms with van der Waals surface area (Å²) in [5.74, 6) is -1.11. The minimum atomic E-state index is -0.650. The number of primary amides is 1. The van der Waals surface area contributed by atoms with Crippen molar-refractivity contribution >= 4 is 17.3 Å². The molecule has 20 heavy (non-hydrogen) atoms. The second-order valence-corrected chi connectivity index (χ2v) is 5.11. The molecule has 1 aromatic carbocycles. The summed E-state index contributed by atoms with van der Waals surface area (Å²) in [6.45, 7) is 3.96. The molecule has 5 nitrogen and oxygen atoms in total. The summed E-state index contributed by atoms with van der Waals surface area (Å²) >= 11 is 0. The Balaban J connectivity index is 1.88. The van der Waals surface area contributed by atoms with Gasteiger partial charge in [-0.15, -0.1) is 0 Å². The van der Waals surface area contributed by atoms with Crippen molar-refractivity contribution < 1.29 is 9.18 Å². The number of nitrogens with two attached hydrogens (primary N) is 2. The summed E-state index contributed by atoms with van der Waals surface area (Å²) in [5, 5.41) is 2.99. The van der Waals surface area contributed by atoms with Gasteiger partial charge >= 0.3 is 0 Å². The molecule has 0 aliphatic carbocycles. The molecule has 2 rings (SSSR count). The third-order valence-corrected chi connectivity index (χ3v) is 3.57. The first-order chi connectivity index (χ1) is 9.58. The molecule has 5 N–H and O–H groups in total. The maximum absolute atomic E-state index is 13.7. The van der Waals surface area contributed by atoms with E-state index in [1.54, 1.807) is 0 Å². The third-order valence-electron chi connectivity index (χ3n) is 3.57. The second-order valence-electron chi connectivity index (χ2n) is 5.11. The number of carbonyl (C=O) groups excluding carboxylic acids is 1. The average Bonchev–Trinajstić information content (AvgIpc) is 2.89. The minimum Gasteiger partial charge on any atom is -0.398 e. The molecule has 1 saturated heterocycles. The van der Waals surface area contributed by atoms with E-state index in [-0.39, 0.29) is 16.9 Å². The molecule has 1 fully saturated rings. The zero-order valence-electron chi connectivity index (χ0n) is 11.5. The van der Waals surface area contributed by atoms with Crippen molar-refractivity contribution in [2.24, 2.45) is 5.73 Å². The van der Waals surface area contributed by atoms with E-state index in [9.17, 15) is 9.18 Å². The van der Waals surface area contributed by atoms with Crippen LogP contribution in [0.1, 0.15) is 29.6 Å². The second kappa shape index (κ2) is 6.56. The van der Waals surface area contributed by atoms with Crippen LogP contribution in [0.4, 0.5) is 15.8 Å². The van der Waals surface area contributed by atoms with Gasteiger partial charge in [-0.1, -0.05) is 0 Å². The van der Waals surface area contributed by atoms with E-state index in [2.05, 4.69) is 10.2 Å². The Morgan fingerprint density at radius 3 is 2.70 bits per heavy atom. The van der Waals surface area contributed by atoms with Gasteiger partial charge in [0.25, 0.3) is 5.91 Å². The molecule has 1 heterocycles.